The molecule has 1 heterocycles. The van der Waals surface area contributed by atoms with Gasteiger partial charge in [-0.2, -0.15) is 5.10 Å². The van der Waals surface area contributed by atoms with Gasteiger partial charge in [-0.1, -0.05) is 0 Å². The van der Waals surface area contributed by atoms with Crippen LogP contribution in [0.1, 0.15) is 13.3 Å². The quantitative estimate of drug-likeness (QED) is 0.728. The fourth-order valence-corrected chi connectivity index (χ4v) is 1.40. The minimum absolute atomic E-state index is 0.389. The largest absolute Gasteiger partial charge is 0.385 e. The third-order valence-electron chi connectivity index (χ3n) is 2.33. The maximum Gasteiger partial charge on any atom is 0.0728 e. The first kappa shape index (κ1) is 13.0. The highest BCUT2D eigenvalue weighted by Crippen LogP contribution is 2.08. The Morgan fingerprint density at radius 3 is 2.81 bits per heavy atom. The number of hydrogen-bond donors (Lipinski definition) is 1. The number of nitrogens with one attached hydrogen (secondary N) is 1. The van der Waals surface area contributed by atoms with E-state index in [4.69, 9.17) is 9.47 Å². The standard InChI is InChI=1S/C11H21N3O2/c1-10(4-6-15-2)13-11-8-12-14(9-11)5-7-16-3/h8-10,13H,4-7H2,1-3H3. The van der Waals surface area contributed by atoms with Crippen LogP contribution >= 0.6 is 0 Å². The molecule has 0 aromatic carbocycles. The second kappa shape index (κ2) is 7.24. The Kier molecular flexibility index (Phi) is 5.88. The Hall–Kier alpha value is -1.07. The monoisotopic (exact) mass is 227 g/mol. The van der Waals surface area contributed by atoms with Crippen molar-refractivity contribution in [3.05, 3.63) is 12.4 Å². The number of rotatable bonds is 8. The van der Waals surface area contributed by atoms with Gasteiger partial charge in [-0.15, -0.1) is 0 Å². The molecule has 0 spiro atoms. The van der Waals surface area contributed by atoms with Crippen LogP contribution in [0.15, 0.2) is 12.4 Å². The van der Waals surface area contributed by atoms with Crippen molar-refractivity contribution in [2.24, 2.45) is 0 Å². The van der Waals surface area contributed by atoms with Crippen molar-refractivity contribution in [2.75, 3.05) is 32.8 Å². The molecule has 1 atom stereocenters. The number of aromatic nitrogens is 2. The lowest BCUT2D eigenvalue weighted by molar-refractivity contribution is 0.183. The lowest BCUT2D eigenvalue weighted by Gasteiger charge is -2.12. The molecule has 5 heteroatoms. The van der Waals surface area contributed by atoms with E-state index in [0.717, 1.165) is 25.3 Å². The van der Waals surface area contributed by atoms with Gasteiger partial charge in [0.2, 0.25) is 0 Å². The van der Waals surface area contributed by atoms with Gasteiger partial charge in [-0.05, 0) is 13.3 Å². The molecule has 1 unspecified atom stereocenters. The zero-order chi connectivity index (χ0) is 11.8. The summed E-state index contributed by atoms with van der Waals surface area (Å²) in [6, 6.07) is 0.389. The van der Waals surface area contributed by atoms with Crippen LogP contribution in [0.3, 0.4) is 0 Å². The summed E-state index contributed by atoms with van der Waals surface area (Å²) in [6.45, 7) is 4.36. The summed E-state index contributed by atoms with van der Waals surface area (Å²) in [6.07, 6.45) is 4.81. The molecule has 0 aliphatic rings. The van der Waals surface area contributed by atoms with Gasteiger partial charge >= 0.3 is 0 Å². The molecule has 0 amide bonds. The molecule has 1 rings (SSSR count). The molecule has 0 saturated heterocycles. The van der Waals surface area contributed by atoms with E-state index in [9.17, 15) is 0 Å². The van der Waals surface area contributed by atoms with Crippen LogP contribution in [0, 0.1) is 0 Å². The molecule has 0 fully saturated rings. The Labute approximate surface area is 96.7 Å². The zero-order valence-electron chi connectivity index (χ0n) is 10.3. The van der Waals surface area contributed by atoms with Gasteiger partial charge in [0.15, 0.2) is 0 Å². The van der Waals surface area contributed by atoms with Crippen LogP contribution in [-0.2, 0) is 16.0 Å². The van der Waals surface area contributed by atoms with Gasteiger partial charge < -0.3 is 14.8 Å². The number of anilines is 1. The third kappa shape index (κ3) is 4.63. The van der Waals surface area contributed by atoms with Crippen LogP contribution < -0.4 is 5.32 Å². The molecule has 0 saturated carbocycles. The predicted molar refractivity (Wildman–Crippen MR) is 63.7 cm³/mol. The average Bonchev–Trinajstić information content (AvgIpc) is 2.71. The number of ether oxygens (including phenoxy) is 2. The van der Waals surface area contributed by atoms with Gasteiger partial charge in [-0.25, -0.2) is 0 Å². The lowest BCUT2D eigenvalue weighted by atomic mass is 10.2. The van der Waals surface area contributed by atoms with E-state index in [2.05, 4.69) is 17.3 Å². The van der Waals surface area contributed by atoms with Gasteiger partial charge in [-0.3, -0.25) is 4.68 Å². The SMILES string of the molecule is COCCC(C)Nc1cnn(CCOC)c1. The normalized spacial score (nSPS) is 12.7. The summed E-state index contributed by atoms with van der Waals surface area (Å²) < 4.78 is 11.9. The highest BCUT2D eigenvalue weighted by atomic mass is 16.5. The molecule has 0 aliphatic heterocycles. The maximum atomic E-state index is 5.03. The van der Waals surface area contributed by atoms with Crippen molar-refractivity contribution < 1.29 is 9.47 Å². The average molecular weight is 227 g/mol. The molecule has 0 radical (unpaired) electrons. The van der Waals surface area contributed by atoms with Crippen LogP contribution in [0.5, 0.6) is 0 Å². The Morgan fingerprint density at radius 2 is 2.12 bits per heavy atom. The molecular weight excluding hydrogens is 206 g/mol. The highest BCUT2D eigenvalue weighted by Gasteiger charge is 2.03. The first-order valence-corrected chi connectivity index (χ1v) is 5.53. The van der Waals surface area contributed by atoms with E-state index in [-0.39, 0.29) is 0 Å². The molecule has 1 aromatic rings. The van der Waals surface area contributed by atoms with Gasteiger partial charge in [0.25, 0.3) is 0 Å². The minimum atomic E-state index is 0.389. The van der Waals surface area contributed by atoms with E-state index < -0.39 is 0 Å². The van der Waals surface area contributed by atoms with Crippen molar-refractivity contribution in [2.45, 2.75) is 25.9 Å². The van der Waals surface area contributed by atoms with E-state index >= 15 is 0 Å². The maximum absolute atomic E-state index is 5.03. The summed E-state index contributed by atoms with van der Waals surface area (Å²) in [5, 5.41) is 7.60. The molecule has 16 heavy (non-hydrogen) atoms. The second-order valence-electron chi connectivity index (χ2n) is 3.81. The second-order valence-corrected chi connectivity index (χ2v) is 3.81. The minimum Gasteiger partial charge on any atom is -0.385 e. The molecule has 1 aromatic heterocycles. The van der Waals surface area contributed by atoms with E-state index in [1.807, 2.05) is 17.1 Å². The topological polar surface area (TPSA) is 48.3 Å². The summed E-state index contributed by atoms with van der Waals surface area (Å²) in [4.78, 5) is 0. The van der Waals surface area contributed by atoms with Crippen LogP contribution in [-0.4, -0.2) is 43.3 Å². The molecular formula is C11H21N3O2. The predicted octanol–water partition coefficient (Wildman–Crippen LogP) is 1.37. The molecule has 0 bridgehead atoms. The van der Waals surface area contributed by atoms with Crippen LogP contribution in [0.25, 0.3) is 0 Å². The van der Waals surface area contributed by atoms with Crippen LogP contribution in [0.2, 0.25) is 0 Å². The summed E-state index contributed by atoms with van der Waals surface area (Å²) in [7, 11) is 3.41. The Balaban J connectivity index is 2.33. The van der Waals surface area contributed by atoms with E-state index in [1.54, 1.807) is 14.2 Å². The molecule has 1 N–H and O–H groups in total. The van der Waals surface area contributed by atoms with E-state index in [0.29, 0.717) is 12.6 Å². The van der Waals surface area contributed by atoms with Crippen molar-refractivity contribution in [1.29, 1.82) is 0 Å². The number of nitrogens with zero attached hydrogens (tertiary/aromatic N) is 2. The Morgan fingerprint density at radius 1 is 1.38 bits per heavy atom. The fraction of sp³-hybridized carbons (Fsp3) is 0.727. The van der Waals surface area contributed by atoms with Gasteiger partial charge in [0, 0.05) is 33.1 Å². The molecule has 5 nitrogen and oxygen atoms in total. The summed E-state index contributed by atoms with van der Waals surface area (Å²) >= 11 is 0. The summed E-state index contributed by atoms with van der Waals surface area (Å²) in [5.41, 5.74) is 1.04. The molecule has 0 aliphatic carbocycles. The Bertz CT molecular complexity index is 289. The van der Waals surface area contributed by atoms with E-state index in [1.165, 1.54) is 0 Å². The summed E-state index contributed by atoms with van der Waals surface area (Å²) in [5.74, 6) is 0. The smallest absolute Gasteiger partial charge is 0.0728 e. The first-order chi connectivity index (χ1) is 7.76. The van der Waals surface area contributed by atoms with Crippen LogP contribution in [0.4, 0.5) is 5.69 Å². The van der Waals surface area contributed by atoms with Gasteiger partial charge in [0.05, 0.1) is 25.0 Å². The first-order valence-electron chi connectivity index (χ1n) is 5.53. The van der Waals surface area contributed by atoms with Crippen molar-refractivity contribution in [3.63, 3.8) is 0 Å². The third-order valence-corrected chi connectivity index (χ3v) is 2.33. The highest BCUT2D eigenvalue weighted by molar-refractivity contribution is 5.38. The van der Waals surface area contributed by atoms with Crippen molar-refractivity contribution in [3.8, 4) is 0 Å². The zero-order valence-corrected chi connectivity index (χ0v) is 10.3. The van der Waals surface area contributed by atoms with Crippen molar-refractivity contribution in [1.82, 2.24) is 9.78 Å². The number of methoxy groups -OCH3 is 2. The van der Waals surface area contributed by atoms with Gasteiger partial charge in [0.1, 0.15) is 0 Å². The molecule has 92 valence electrons. The fourth-order valence-electron chi connectivity index (χ4n) is 1.40. The number of hydrogen-bond acceptors (Lipinski definition) is 4. The lowest BCUT2D eigenvalue weighted by Crippen LogP contribution is -2.16. The van der Waals surface area contributed by atoms with Crippen molar-refractivity contribution >= 4 is 5.69 Å².